The number of guanidine groups is 2. The van der Waals surface area contributed by atoms with Crippen molar-refractivity contribution in [2.45, 2.75) is 0 Å². The van der Waals surface area contributed by atoms with Gasteiger partial charge in [-0.1, -0.05) is 24.3 Å². The highest BCUT2D eigenvalue weighted by atomic mass is 15.0. The Morgan fingerprint density at radius 1 is 0.667 bits per heavy atom. The Hall–Kier alpha value is -2.76. The fourth-order valence-electron chi connectivity index (χ4n) is 1.75. The summed E-state index contributed by atoms with van der Waals surface area (Å²) < 4.78 is 0. The van der Waals surface area contributed by atoms with Gasteiger partial charge in [-0.05, 0) is 12.1 Å². The summed E-state index contributed by atoms with van der Waals surface area (Å²) in [5, 5.41) is 1.77. The molecule has 18 heavy (non-hydrogen) atoms. The second kappa shape index (κ2) is 4.62. The van der Waals surface area contributed by atoms with E-state index in [1.54, 1.807) is 0 Å². The lowest BCUT2D eigenvalue weighted by Gasteiger charge is -2.05. The van der Waals surface area contributed by atoms with E-state index in [-0.39, 0.29) is 11.9 Å². The van der Waals surface area contributed by atoms with E-state index in [9.17, 15) is 0 Å². The normalized spacial score (nSPS) is 10.0. The van der Waals surface area contributed by atoms with Crippen LogP contribution >= 0.6 is 0 Å². The van der Waals surface area contributed by atoms with Gasteiger partial charge in [0.1, 0.15) is 0 Å². The number of hydrogen-bond acceptors (Lipinski definition) is 2. The molecule has 0 saturated heterocycles. The predicted molar refractivity (Wildman–Crippen MR) is 74.9 cm³/mol. The fraction of sp³-hybridized carbons (Fsp3) is 0. The van der Waals surface area contributed by atoms with Crippen LogP contribution in [-0.4, -0.2) is 11.9 Å². The fourth-order valence-corrected chi connectivity index (χ4v) is 1.75. The van der Waals surface area contributed by atoms with Crippen molar-refractivity contribution in [3.8, 4) is 0 Å². The van der Waals surface area contributed by atoms with Crippen molar-refractivity contribution >= 4 is 34.1 Å². The molecule has 2 rings (SSSR count). The molecule has 0 aromatic heterocycles. The van der Waals surface area contributed by atoms with Crippen LogP contribution in [-0.2, 0) is 0 Å². The zero-order chi connectivity index (χ0) is 13.1. The molecule has 0 bridgehead atoms. The minimum absolute atomic E-state index is 0.00902. The summed E-state index contributed by atoms with van der Waals surface area (Å²) in [6.07, 6.45) is 0. The van der Waals surface area contributed by atoms with Gasteiger partial charge in [0.25, 0.3) is 0 Å². The molecule has 92 valence electrons. The van der Waals surface area contributed by atoms with Gasteiger partial charge in [-0.15, -0.1) is 0 Å². The SMILES string of the molecule is NC(N)=Nc1cccc2c(N=C(N)N)cccc12. The summed E-state index contributed by atoms with van der Waals surface area (Å²) in [5.74, 6) is 0.0180. The summed E-state index contributed by atoms with van der Waals surface area (Å²) in [6, 6.07) is 11.1. The summed E-state index contributed by atoms with van der Waals surface area (Å²) in [5.41, 5.74) is 22.9. The van der Waals surface area contributed by atoms with E-state index in [1.165, 1.54) is 0 Å². The first kappa shape index (κ1) is 11.7. The van der Waals surface area contributed by atoms with Crippen LogP contribution < -0.4 is 22.9 Å². The first-order chi connectivity index (χ1) is 8.58. The summed E-state index contributed by atoms with van der Waals surface area (Å²) in [6.45, 7) is 0. The van der Waals surface area contributed by atoms with Gasteiger partial charge in [0.2, 0.25) is 0 Å². The van der Waals surface area contributed by atoms with E-state index >= 15 is 0 Å². The molecule has 0 aliphatic heterocycles. The van der Waals surface area contributed by atoms with E-state index in [0.717, 1.165) is 10.8 Å². The van der Waals surface area contributed by atoms with Crippen LogP contribution in [0.3, 0.4) is 0 Å². The topological polar surface area (TPSA) is 129 Å². The Morgan fingerprint density at radius 2 is 1.06 bits per heavy atom. The second-order valence-electron chi connectivity index (χ2n) is 3.72. The van der Waals surface area contributed by atoms with Crippen molar-refractivity contribution in [1.82, 2.24) is 0 Å². The molecular weight excluding hydrogens is 228 g/mol. The lowest BCUT2D eigenvalue weighted by Crippen LogP contribution is -2.22. The van der Waals surface area contributed by atoms with Crippen molar-refractivity contribution < 1.29 is 0 Å². The van der Waals surface area contributed by atoms with Crippen LogP contribution in [0.4, 0.5) is 11.4 Å². The molecule has 0 amide bonds. The third-order valence-corrected chi connectivity index (χ3v) is 2.38. The van der Waals surface area contributed by atoms with E-state index in [2.05, 4.69) is 9.98 Å². The third kappa shape index (κ3) is 2.32. The summed E-state index contributed by atoms with van der Waals surface area (Å²) in [4.78, 5) is 8.14. The van der Waals surface area contributed by atoms with E-state index in [1.807, 2.05) is 36.4 Å². The maximum atomic E-state index is 5.39. The first-order valence-corrected chi connectivity index (χ1v) is 5.29. The molecule has 0 fully saturated rings. The van der Waals surface area contributed by atoms with Crippen molar-refractivity contribution in [3.63, 3.8) is 0 Å². The second-order valence-corrected chi connectivity index (χ2v) is 3.72. The smallest absolute Gasteiger partial charge is 0.191 e. The number of rotatable bonds is 2. The van der Waals surface area contributed by atoms with Gasteiger partial charge in [0.15, 0.2) is 11.9 Å². The summed E-state index contributed by atoms with van der Waals surface area (Å²) in [7, 11) is 0. The van der Waals surface area contributed by atoms with Crippen molar-refractivity contribution in [2.75, 3.05) is 0 Å². The average molecular weight is 242 g/mol. The zero-order valence-electron chi connectivity index (χ0n) is 9.67. The Bertz CT molecular complexity index is 579. The lowest BCUT2D eigenvalue weighted by atomic mass is 10.1. The molecule has 8 N–H and O–H groups in total. The number of nitrogens with two attached hydrogens (primary N) is 4. The maximum absolute atomic E-state index is 5.39. The molecule has 0 spiro atoms. The standard InChI is InChI=1S/C12H14N6/c13-11(14)17-9-5-1-3-7-8(9)4-2-6-10(7)18-12(15)16/h1-6H,(H4,13,14,17)(H4,15,16,18). The lowest BCUT2D eigenvalue weighted by molar-refractivity contribution is 1.42. The molecule has 0 aliphatic carbocycles. The largest absolute Gasteiger partial charge is 0.370 e. The third-order valence-electron chi connectivity index (χ3n) is 2.38. The molecule has 2 aromatic rings. The number of nitrogens with zero attached hydrogens (tertiary/aromatic N) is 2. The van der Waals surface area contributed by atoms with Crippen LogP contribution in [0, 0.1) is 0 Å². The van der Waals surface area contributed by atoms with Crippen LogP contribution in [0.5, 0.6) is 0 Å². The minimum atomic E-state index is 0.00902. The van der Waals surface area contributed by atoms with Gasteiger partial charge in [0, 0.05) is 10.8 Å². The Kier molecular flexibility index (Phi) is 3.01. The maximum Gasteiger partial charge on any atom is 0.191 e. The van der Waals surface area contributed by atoms with Gasteiger partial charge in [0.05, 0.1) is 11.4 Å². The Labute approximate surface area is 104 Å². The zero-order valence-corrected chi connectivity index (χ0v) is 9.67. The van der Waals surface area contributed by atoms with E-state index in [0.29, 0.717) is 11.4 Å². The number of benzene rings is 2. The quantitative estimate of drug-likeness (QED) is 0.455. The highest BCUT2D eigenvalue weighted by Crippen LogP contribution is 2.32. The van der Waals surface area contributed by atoms with Gasteiger partial charge in [-0.3, -0.25) is 0 Å². The van der Waals surface area contributed by atoms with Crippen molar-refractivity contribution in [1.29, 1.82) is 0 Å². The van der Waals surface area contributed by atoms with Gasteiger partial charge >= 0.3 is 0 Å². The molecule has 0 radical (unpaired) electrons. The molecular formula is C12H14N6. The highest BCUT2D eigenvalue weighted by molar-refractivity contribution is 6.02. The molecule has 2 aromatic carbocycles. The minimum Gasteiger partial charge on any atom is -0.370 e. The Balaban J connectivity index is 2.73. The molecule has 0 atom stereocenters. The average Bonchev–Trinajstić information content (AvgIpc) is 2.29. The number of hydrogen-bond donors (Lipinski definition) is 4. The van der Waals surface area contributed by atoms with Gasteiger partial charge in [-0.25, -0.2) is 9.98 Å². The van der Waals surface area contributed by atoms with Crippen LogP contribution in [0.1, 0.15) is 0 Å². The van der Waals surface area contributed by atoms with Crippen LogP contribution in [0.15, 0.2) is 46.4 Å². The van der Waals surface area contributed by atoms with Gasteiger partial charge in [-0.2, -0.15) is 0 Å². The molecule has 0 heterocycles. The number of aliphatic imine (C=N–C) groups is 2. The van der Waals surface area contributed by atoms with E-state index in [4.69, 9.17) is 22.9 Å². The molecule has 6 nitrogen and oxygen atoms in total. The number of fused-ring (bicyclic) bond motifs is 1. The van der Waals surface area contributed by atoms with E-state index < -0.39 is 0 Å². The van der Waals surface area contributed by atoms with Crippen LogP contribution in [0.25, 0.3) is 10.8 Å². The van der Waals surface area contributed by atoms with Crippen molar-refractivity contribution in [3.05, 3.63) is 36.4 Å². The molecule has 0 saturated carbocycles. The molecule has 0 aliphatic rings. The Morgan fingerprint density at radius 3 is 1.39 bits per heavy atom. The molecule has 6 heteroatoms. The van der Waals surface area contributed by atoms with Crippen molar-refractivity contribution in [2.24, 2.45) is 32.9 Å². The highest BCUT2D eigenvalue weighted by Gasteiger charge is 2.04. The summed E-state index contributed by atoms with van der Waals surface area (Å²) >= 11 is 0. The monoisotopic (exact) mass is 242 g/mol. The van der Waals surface area contributed by atoms with Gasteiger partial charge < -0.3 is 22.9 Å². The first-order valence-electron chi connectivity index (χ1n) is 5.29. The predicted octanol–water partition coefficient (Wildman–Crippen LogP) is 0.650. The van der Waals surface area contributed by atoms with Crippen LogP contribution in [0.2, 0.25) is 0 Å². The molecule has 0 unspecified atom stereocenters.